The van der Waals surface area contributed by atoms with Crippen LogP contribution < -0.4 is 5.32 Å². The molecule has 4 rings (SSSR count). The van der Waals surface area contributed by atoms with Crippen molar-refractivity contribution in [2.24, 2.45) is 0 Å². The Bertz CT molecular complexity index is 1210. The second kappa shape index (κ2) is 10.1. The summed E-state index contributed by atoms with van der Waals surface area (Å²) in [4.78, 5) is 25.6. The summed E-state index contributed by atoms with van der Waals surface area (Å²) in [5.74, 6) is -0.0506. The molecule has 0 spiro atoms. The molecular formula is C21H26ClN6O5P. The van der Waals surface area contributed by atoms with Crippen LogP contribution in [0.3, 0.4) is 0 Å². The van der Waals surface area contributed by atoms with Gasteiger partial charge in [0, 0.05) is 12.7 Å². The van der Waals surface area contributed by atoms with Crippen LogP contribution in [-0.2, 0) is 18.6 Å². The number of halogens is 1. The van der Waals surface area contributed by atoms with Gasteiger partial charge in [0.2, 0.25) is 0 Å². The number of fused-ring (bicyclic) bond motifs is 1. The maximum Gasteiger partial charge on any atom is 0.363 e. The molecule has 2 aromatic heterocycles. The van der Waals surface area contributed by atoms with Gasteiger partial charge >= 0.3 is 6.87 Å². The second-order valence-corrected chi connectivity index (χ2v) is 11.1. The molecule has 0 bridgehead atoms. The van der Waals surface area contributed by atoms with Gasteiger partial charge < -0.3 is 14.8 Å². The van der Waals surface area contributed by atoms with Crippen LogP contribution in [0.4, 0.5) is 5.82 Å². The van der Waals surface area contributed by atoms with Crippen molar-refractivity contribution in [3.63, 3.8) is 0 Å². The van der Waals surface area contributed by atoms with Crippen molar-refractivity contribution in [2.75, 3.05) is 26.5 Å². The molecule has 2 unspecified atom stereocenters. The number of hydrogen-bond donors (Lipinski definition) is 1. The number of aromatic nitrogens is 4. The minimum Gasteiger partial charge on any atom is -0.374 e. The minimum absolute atomic E-state index is 0.266. The van der Waals surface area contributed by atoms with E-state index in [-0.39, 0.29) is 11.7 Å². The number of hydrogen-bond acceptors (Lipinski definition) is 8. The van der Waals surface area contributed by atoms with Gasteiger partial charge in [-0.25, -0.2) is 19.6 Å². The van der Waals surface area contributed by atoms with Gasteiger partial charge in [-0.1, -0.05) is 25.1 Å². The molecule has 182 valence electrons. The van der Waals surface area contributed by atoms with E-state index in [0.717, 1.165) is 0 Å². The first-order valence-corrected chi connectivity index (χ1v) is 13.1. The van der Waals surface area contributed by atoms with Crippen LogP contribution in [0, 0.1) is 0 Å². The molecule has 0 saturated carbocycles. The van der Waals surface area contributed by atoms with Crippen molar-refractivity contribution in [3.8, 4) is 0 Å². The van der Waals surface area contributed by atoms with Gasteiger partial charge in [0.1, 0.15) is 18.5 Å². The normalized spacial score (nSPS) is 24.4. The van der Waals surface area contributed by atoms with Crippen molar-refractivity contribution < 1.29 is 23.4 Å². The highest BCUT2D eigenvalue weighted by Gasteiger charge is 2.49. The summed E-state index contributed by atoms with van der Waals surface area (Å²) in [6.07, 6.45) is 0.993. The Morgan fingerprint density at radius 3 is 2.62 bits per heavy atom. The Morgan fingerprint density at radius 2 is 1.97 bits per heavy atom. The molecule has 13 heteroatoms. The van der Waals surface area contributed by atoms with Crippen LogP contribution in [0.5, 0.6) is 0 Å². The van der Waals surface area contributed by atoms with Gasteiger partial charge in [-0.2, -0.15) is 0 Å². The van der Waals surface area contributed by atoms with Crippen molar-refractivity contribution in [1.82, 2.24) is 24.2 Å². The first-order chi connectivity index (χ1) is 16.3. The Hall–Kier alpha value is -2.40. The fourth-order valence-corrected chi connectivity index (χ4v) is 4.80. The number of nitrogens with one attached hydrogen (secondary N) is 1. The highest BCUT2D eigenvalue weighted by Crippen LogP contribution is 2.57. The molecule has 1 amide bonds. The molecule has 3 aromatic rings. The summed E-state index contributed by atoms with van der Waals surface area (Å²) in [6.45, 7) is -1.64. The molecule has 1 saturated heterocycles. The topological polar surface area (TPSA) is 121 Å². The number of anilines is 1. The predicted molar refractivity (Wildman–Crippen MR) is 127 cm³/mol. The number of carbonyl (C=O) groups is 1. The van der Waals surface area contributed by atoms with Gasteiger partial charge in [0.15, 0.2) is 23.2 Å². The summed E-state index contributed by atoms with van der Waals surface area (Å²) in [5.41, 5.74) is 1.31. The predicted octanol–water partition coefficient (Wildman–Crippen LogP) is 3.69. The molecule has 1 aliphatic heterocycles. The molecule has 3 heterocycles. The number of ether oxygens (including phenoxy) is 2. The molecule has 1 aliphatic rings. The maximum atomic E-state index is 12.7. The van der Waals surface area contributed by atoms with Crippen LogP contribution in [-0.4, -0.2) is 69.6 Å². The third-order valence-corrected chi connectivity index (χ3v) is 8.20. The number of amides is 1. The zero-order valence-corrected chi connectivity index (χ0v) is 20.8. The average molecular weight is 509 g/mol. The number of nitrogens with zero attached hydrogens (tertiary/aromatic N) is 5. The zero-order chi connectivity index (χ0) is 24.5. The Balaban J connectivity index is 1.65. The van der Waals surface area contributed by atoms with E-state index in [1.165, 1.54) is 24.4 Å². The quantitative estimate of drug-likeness (QED) is 0.454. The van der Waals surface area contributed by atoms with Crippen LogP contribution >= 0.6 is 18.1 Å². The monoisotopic (exact) mass is 508 g/mol. The molecule has 1 fully saturated rings. The Labute approximate surface area is 201 Å². The molecule has 11 nitrogen and oxygen atoms in total. The first-order valence-electron chi connectivity index (χ1n) is 10.6. The smallest absolute Gasteiger partial charge is 0.363 e. The van der Waals surface area contributed by atoms with E-state index in [2.05, 4.69) is 20.3 Å². The summed E-state index contributed by atoms with van der Waals surface area (Å²) in [7, 11) is 4.68. The van der Waals surface area contributed by atoms with E-state index in [9.17, 15) is 9.36 Å². The fraction of sp³-hybridized carbons (Fsp3) is 0.429. The average Bonchev–Trinajstić information content (AvgIpc) is 3.40. The number of carbonyl (C=O) groups excluding carboxylic acids is 1. The maximum absolute atomic E-state index is 12.7. The number of imidazole rings is 1. The molecule has 0 radical (unpaired) electrons. The Morgan fingerprint density at radius 1 is 1.24 bits per heavy atom. The number of methoxy groups -OCH3 is 1. The van der Waals surface area contributed by atoms with Gasteiger partial charge in [-0.3, -0.25) is 18.5 Å². The van der Waals surface area contributed by atoms with Crippen LogP contribution in [0.1, 0.15) is 29.9 Å². The van der Waals surface area contributed by atoms with E-state index in [1.807, 2.05) is 13.0 Å². The van der Waals surface area contributed by atoms with Crippen molar-refractivity contribution in [1.29, 1.82) is 0 Å². The third kappa shape index (κ3) is 4.72. The van der Waals surface area contributed by atoms with Gasteiger partial charge in [0.05, 0.1) is 12.4 Å². The molecule has 34 heavy (non-hydrogen) atoms. The molecule has 1 aromatic carbocycles. The highest BCUT2D eigenvalue weighted by molar-refractivity contribution is 7.83. The van der Waals surface area contributed by atoms with Crippen LogP contribution in [0.2, 0.25) is 0 Å². The third-order valence-electron chi connectivity index (χ3n) is 5.59. The summed E-state index contributed by atoms with van der Waals surface area (Å²) < 4.78 is 33.5. The molecule has 5 atom stereocenters. The van der Waals surface area contributed by atoms with E-state index >= 15 is 0 Å². The lowest BCUT2D eigenvalue weighted by Crippen LogP contribution is -2.35. The lowest BCUT2D eigenvalue weighted by molar-refractivity contribution is -0.0492. The largest absolute Gasteiger partial charge is 0.374 e. The van der Waals surface area contributed by atoms with Gasteiger partial charge in [-0.15, -0.1) is 0 Å². The van der Waals surface area contributed by atoms with Crippen molar-refractivity contribution in [3.05, 3.63) is 48.5 Å². The van der Waals surface area contributed by atoms with E-state index in [4.69, 9.17) is 25.2 Å². The summed E-state index contributed by atoms with van der Waals surface area (Å²) >= 11 is 6.15. The van der Waals surface area contributed by atoms with E-state index < -0.39 is 31.4 Å². The Kier molecular flexibility index (Phi) is 7.32. The molecule has 1 N–H and O–H groups in total. The fourth-order valence-electron chi connectivity index (χ4n) is 3.78. The van der Waals surface area contributed by atoms with Crippen molar-refractivity contribution in [2.45, 2.75) is 37.9 Å². The first kappa shape index (κ1) is 24.7. The molecule has 0 aliphatic carbocycles. The second-order valence-electron chi connectivity index (χ2n) is 7.91. The summed E-state index contributed by atoms with van der Waals surface area (Å²) in [5, 5.41) is 2.78. The van der Waals surface area contributed by atoms with E-state index in [0.29, 0.717) is 23.1 Å². The van der Waals surface area contributed by atoms with Crippen molar-refractivity contribution >= 4 is 41.0 Å². The zero-order valence-electron chi connectivity index (χ0n) is 19.2. The van der Waals surface area contributed by atoms with Gasteiger partial charge in [-0.05, 0) is 43.9 Å². The summed E-state index contributed by atoms with van der Waals surface area (Å²) in [6, 6.07) is 8.80. The minimum atomic E-state index is -3.57. The number of benzene rings is 1. The van der Waals surface area contributed by atoms with E-state index in [1.54, 1.807) is 42.9 Å². The highest BCUT2D eigenvalue weighted by atomic mass is 35.7. The standard InChI is InChI=1S/C21H26ClN6O5P/c1-5-14-16(33-34(22,30)27(2)3)17(31-4)21(32-14)28-12-25-15-18(23-11-24-19(15)28)26-20(29)13-9-7-6-8-10-13/h6-12,14,16-17,21H,5H2,1-4H3,(H,23,24,26,29)/t14-,16?,17+,21-,34?/m1/s1. The number of rotatable bonds is 8. The lowest BCUT2D eigenvalue weighted by atomic mass is 10.1. The van der Waals surface area contributed by atoms with Gasteiger partial charge in [0.25, 0.3) is 5.91 Å². The lowest BCUT2D eigenvalue weighted by Gasteiger charge is -2.27. The van der Waals surface area contributed by atoms with Crippen LogP contribution in [0.15, 0.2) is 43.0 Å². The van der Waals surface area contributed by atoms with Crippen LogP contribution in [0.25, 0.3) is 11.2 Å². The molecular weight excluding hydrogens is 483 g/mol. The SMILES string of the molecule is CC[C@H]1O[C@@H](n2cnc3c(NC(=O)c4ccccc4)ncnc32)[C@@H](OC)C1OP(=O)(Cl)N(C)C.